The molecule has 0 aliphatic heterocycles. The van der Waals surface area contributed by atoms with E-state index in [2.05, 4.69) is 10.3 Å². The second-order valence-electron chi connectivity index (χ2n) is 6.02. The van der Waals surface area contributed by atoms with Gasteiger partial charge in [0.1, 0.15) is 11.3 Å². The summed E-state index contributed by atoms with van der Waals surface area (Å²) in [4.78, 5) is 28.7. The van der Waals surface area contributed by atoms with Crippen molar-refractivity contribution in [1.29, 1.82) is 0 Å². The van der Waals surface area contributed by atoms with Crippen LogP contribution >= 0.6 is 11.6 Å². The van der Waals surface area contributed by atoms with Crippen molar-refractivity contribution in [2.24, 2.45) is 0 Å². The number of aromatic nitrogens is 2. The number of anilines is 1. The van der Waals surface area contributed by atoms with Crippen molar-refractivity contribution >= 4 is 34.8 Å². The highest BCUT2D eigenvalue weighted by Crippen LogP contribution is 2.22. The molecule has 3 rings (SSSR count). The van der Waals surface area contributed by atoms with Crippen LogP contribution in [0.15, 0.2) is 36.5 Å². The molecule has 2 aromatic heterocycles. The molecule has 0 aliphatic rings. The molecule has 134 valence electrons. The minimum absolute atomic E-state index is 0.112. The fourth-order valence-electron chi connectivity index (χ4n) is 2.79. The minimum atomic E-state index is -1.05. The molecule has 0 saturated heterocycles. The first kappa shape index (κ1) is 17.9. The fraction of sp³-hybridized carbons (Fsp3) is 0.211. The van der Waals surface area contributed by atoms with Crippen LogP contribution in [0, 0.1) is 6.92 Å². The lowest BCUT2D eigenvalue weighted by Crippen LogP contribution is -2.17. The average molecular weight is 372 g/mol. The Morgan fingerprint density at radius 1 is 1.27 bits per heavy atom. The number of aromatic carboxylic acids is 1. The van der Waals surface area contributed by atoms with Gasteiger partial charge in [-0.1, -0.05) is 31.0 Å². The van der Waals surface area contributed by atoms with Crippen LogP contribution in [0.3, 0.4) is 0 Å². The van der Waals surface area contributed by atoms with Gasteiger partial charge in [-0.3, -0.25) is 9.20 Å². The van der Waals surface area contributed by atoms with E-state index in [1.807, 2.05) is 6.92 Å². The summed E-state index contributed by atoms with van der Waals surface area (Å²) in [5.41, 5.74) is 3.06. The standard InChI is InChI=1S/C19H18ClN3O3/c1-3-4-14-17(23-10-13(20)7-8-16(23)21-14)18(24)22-15-9-12(19(25)26)6-5-11(15)2/h5-10H,3-4H2,1-2H3,(H,22,24)(H,25,26). The van der Waals surface area contributed by atoms with Gasteiger partial charge in [0.05, 0.1) is 16.3 Å². The molecule has 1 aromatic carbocycles. The first-order valence-corrected chi connectivity index (χ1v) is 8.60. The number of carboxylic acids is 1. The Hall–Kier alpha value is -2.86. The number of rotatable bonds is 5. The zero-order valence-corrected chi connectivity index (χ0v) is 15.2. The fourth-order valence-corrected chi connectivity index (χ4v) is 2.95. The zero-order chi connectivity index (χ0) is 18.8. The van der Waals surface area contributed by atoms with E-state index in [0.717, 1.165) is 12.0 Å². The predicted molar refractivity (Wildman–Crippen MR) is 100 cm³/mol. The SMILES string of the molecule is CCCc1nc2ccc(Cl)cn2c1C(=O)Nc1cc(C(=O)O)ccc1C. The van der Waals surface area contributed by atoms with Gasteiger partial charge in [0.25, 0.3) is 5.91 Å². The normalized spacial score (nSPS) is 10.9. The van der Waals surface area contributed by atoms with Crippen LogP contribution in [-0.2, 0) is 6.42 Å². The van der Waals surface area contributed by atoms with Crippen LogP contribution in [0.25, 0.3) is 5.65 Å². The van der Waals surface area contributed by atoms with E-state index in [9.17, 15) is 9.59 Å². The monoisotopic (exact) mass is 371 g/mol. The Morgan fingerprint density at radius 3 is 2.73 bits per heavy atom. The van der Waals surface area contributed by atoms with Crippen LogP contribution in [0.2, 0.25) is 5.02 Å². The van der Waals surface area contributed by atoms with Crippen molar-refractivity contribution in [2.45, 2.75) is 26.7 Å². The molecule has 0 bridgehead atoms. The molecule has 7 heteroatoms. The Labute approximate surface area is 155 Å². The van der Waals surface area contributed by atoms with E-state index in [4.69, 9.17) is 16.7 Å². The smallest absolute Gasteiger partial charge is 0.335 e. The summed E-state index contributed by atoms with van der Waals surface area (Å²) in [6, 6.07) is 8.10. The highest BCUT2D eigenvalue weighted by Gasteiger charge is 2.20. The van der Waals surface area contributed by atoms with Crippen molar-refractivity contribution in [3.8, 4) is 0 Å². The Balaban J connectivity index is 2.05. The summed E-state index contributed by atoms with van der Waals surface area (Å²) >= 11 is 6.08. The summed E-state index contributed by atoms with van der Waals surface area (Å²) < 4.78 is 1.67. The maximum Gasteiger partial charge on any atom is 0.335 e. The number of benzene rings is 1. The van der Waals surface area contributed by atoms with E-state index >= 15 is 0 Å². The van der Waals surface area contributed by atoms with Crippen molar-refractivity contribution in [2.75, 3.05) is 5.32 Å². The molecule has 0 atom stereocenters. The lowest BCUT2D eigenvalue weighted by molar-refractivity contribution is 0.0696. The van der Waals surface area contributed by atoms with E-state index in [1.54, 1.807) is 35.7 Å². The molecule has 3 aromatic rings. The number of pyridine rings is 1. The number of nitrogens with one attached hydrogen (secondary N) is 1. The molecule has 6 nitrogen and oxygen atoms in total. The van der Waals surface area contributed by atoms with Crippen LogP contribution in [-0.4, -0.2) is 26.4 Å². The zero-order valence-electron chi connectivity index (χ0n) is 14.4. The molecular weight excluding hydrogens is 354 g/mol. The number of hydrogen-bond acceptors (Lipinski definition) is 3. The van der Waals surface area contributed by atoms with Gasteiger partial charge >= 0.3 is 5.97 Å². The minimum Gasteiger partial charge on any atom is -0.478 e. The molecular formula is C19H18ClN3O3. The number of nitrogens with zero attached hydrogens (tertiary/aromatic N) is 2. The molecule has 0 saturated carbocycles. The number of hydrogen-bond donors (Lipinski definition) is 2. The summed E-state index contributed by atoms with van der Waals surface area (Å²) in [7, 11) is 0. The second-order valence-corrected chi connectivity index (χ2v) is 6.46. The van der Waals surface area contributed by atoms with Gasteiger partial charge in [0.15, 0.2) is 0 Å². The Kier molecular flexibility index (Phi) is 4.95. The van der Waals surface area contributed by atoms with Gasteiger partial charge < -0.3 is 10.4 Å². The van der Waals surface area contributed by atoms with Crippen molar-refractivity contribution < 1.29 is 14.7 Å². The second kappa shape index (κ2) is 7.17. The third-order valence-corrected chi connectivity index (χ3v) is 4.31. The number of amides is 1. The topological polar surface area (TPSA) is 83.7 Å². The quantitative estimate of drug-likeness (QED) is 0.704. The first-order valence-electron chi connectivity index (χ1n) is 8.22. The van der Waals surface area contributed by atoms with Crippen LogP contribution in [0.1, 0.15) is 45.4 Å². The highest BCUT2D eigenvalue weighted by molar-refractivity contribution is 6.30. The summed E-state index contributed by atoms with van der Waals surface area (Å²) in [6.07, 6.45) is 3.14. The maximum absolute atomic E-state index is 13.0. The number of halogens is 1. The lowest BCUT2D eigenvalue weighted by atomic mass is 10.1. The number of carboxylic acid groups (broad SMARTS) is 1. The largest absolute Gasteiger partial charge is 0.478 e. The van der Waals surface area contributed by atoms with Crippen LogP contribution < -0.4 is 5.32 Å². The van der Waals surface area contributed by atoms with Gasteiger partial charge in [0.2, 0.25) is 0 Å². The molecule has 1 amide bonds. The molecule has 0 unspecified atom stereocenters. The van der Waals surface area contributed by atoms with Gasteiger partial charge in [-0.05, 0) is 43.2 Å². The lowest BCUT2D eigenvalue weighted by Gasteiger charge is -2.10. The third-order valence-electron chi connectivity index (χ3n) is 4.09. The maximum atomic E-state index is 13.0. The molecule has 2 heterocycles. The van der Waals surface area contributed by atoms with Gasteiger partial charge in [-0.15, -0.1) is 0 Å². The van der Waals surface area contributed by atoms with Crippen LogP contribution in [0.4, 0.5) is 5.69 Å². The molecule has 0 fully saturated rings. The summed E-state index contributed by atoms with van der Waals surface area (Å²) in [5.74, 6) is -1.40. The van der Waals surface area contributed by atoms with Gasteiger partial charge in [0, 0.05) is 11.9 Å². The van der Waals surface area contributed by atoms with Crippen LogP contribution in [0.5, 0.6) is 0 Å². The van der Waals surface area contributed by atoms with Gasteiger partial charge in [-0.25, -0.2) is 9.78 Å². The number of carbonyl (C=O) groups excluding carboxylic acids is 1. The predicted octanol–water partition coefficient (Wildman–Crippen LogP) is 4.20. The number of imidazole rings is 1. The Bertz CT molecular complexity index is 1010. The number of fused-ring (bicyclic) bond motifs is 1. The van der Waals surface area contributed by atoms with E-state index in [0.29, 0.717) is 34.2 Å². The summed E-state index contributed by atoms with van der Waals surface area (Å²) in [5, 5.41) is 12.5. The molecule has 0 spiro atoms. The van der Waals surface area contributed by atoms with E-state index in [-0.39, 0.29) is 11.5 Å². The van der Waals surface area contributed by atoms with Crippen molar-refractivity contribution in [1.82, 2.24) is 9.38 Å². The van der Waals surface area contributed by atoms with E-state index in [1.165, 1.54) is 12.1 Å². The third kappa shape index (κ3) is 3.41. The van der Waals surface area contributed by atoms with Gasteiger partial charge in [-0.2, -0.15) is 0 Å². The highest BCUT2D eigenvalue weighted by atomic mass is 35.5. The number of carbonyl (C=O) groups is 2. The van der Waals surface area contributed by atoms with E-state index < -0.39 is 5.97 Å². The molecule has 2 N–H and O–H groups in total. The Morgan fingerprint density at radius 2 is 2.04 bits per heavy atom. The molecule has 0 aliphatic carbocycles. The molecule has 26 heavy (non-hydrogen) atoms. The number of aryl methyl sites for hydroxylation is 2. The molecule has 0 radical (unpaired) electrons. The average Bonchev–Trinajstić information content (AvgIpc) is 2.94. The first-order chi connectivity index (χ1) is 12.4. The van der Waals surface area contributed by atoms with Crippen molar-refractivity contribution in [3.05, 3.63) is 64.1 Å². The van der Waals surface area contributed by atoms with Crippen molar-refractivity contribution in [3.63, 3.8) is 0 Å². The summed E-state index contributed by atoms with van der Waals surface area (Å²) in [6.45, 7) is 3.82.